The second-order valence-electron chi connectivity index (χ2n) is 12.2. The van der Waals surface area contributed by atoms with Gasteiger partial charge in [-0.3, -0.25) is 0 Å². The Labute approximate surface area is 185 Å². The molecule has 4 aliphatic rings. The molecule has 4 saturated carbocycles. The van der Waals surface area contributed by atoms with Crippen LogP contribution in [-0.4, -0.2) is 33.6 Å². The van der Waals surface area contributed by atoms with Gasteiger partial charge in [0.2, 0.25) is 0 Å². The summed E-state index contributed by atoms with van der Waals surface area (Å²) in [5.41, 5.74) is 0.0715. The molecule has 0 amide bonds. The number of hydrogen-bond donors (Lipinski definition) is 3. The van der Waals surface area contributed by atoms with Gasteiger partial charge in [-0.2, -0.15) is 0 Å². The van der Waals surface area contributed by atoms with Crippen molar-refractivity contribution in [2.24, 2.45) is 52.3 Å². The molecule has 0 heterocycles. The highest BCUT2D eigenvalue weighted by atomic mass is 16.3. The molecule has 0 saturated heterocycles. The molecule has 172 valence electrons. The van der Waals surface area contributed by atoms with Crippen molar-refractivity contribution in [1.29, 1.82) is 0 Å². The monoisotopic (exact) mass is 419 g/mol. The van der Waals surface area contributed by atoms with Crippen LogP contribution in [0.4, 0.5) is 0 Å². The minimum Gasteiger partial charge on any atom is -0.393 e. The van der Waals surface area contributed by atoms with Crippen molar-refractivity contribution in [3.63, 3.8) is 0 Å². The van der Waals surface area contributed by atoms with Crippen molar-refractivity contribution in [3.05, 3.63) is 6.92 Å². The molecule has 4 rings (SSSR count). The van der Waals surface area contributed by atoms with Gasteiger partial charge < -0.3 is 15.3 Å². The summed E-state index contributed by atoms with van der Waals surface area (Å²) in [6.07, 6.45) is 9.54. The van der Waals surface area contributed by atoms with Crippen molar-refractivity contribution >= 4 is 0 Å². The van der Waals surface area contributed by atoms with Crippen molar-refractivity contribution in [3.8, 4) is 0 Å². The van der Waals surface area contributed by atoms with Crippen LogP contribution in [0.25, 0.3) is 0 Å². The molecule has 0 aromatic heterocycles. The first kappa shape index (κ1) is 22.9. The maximum atomic E-state index is 11.7. The van der Waals surface area contributed by atoms with Gasteiger partial charge in [0, 0.05) is 0 Å². The van der Waals surface area contributed by atoms with Crippen LogP contribution >= 0.6 is 0 Å². The maximum Gasteiger partial charge on any atom is 0.0850 e. The van der Waals surface area contributed by atoms with E-state index in [0.717, 1.165) is 44.9 Å². The van der Waals surface area contributed by atoms with Crippen molar-refractivity contribution in [2.45, 2.75) is 110 Å². The molecule has 0 bridgehead atoms. The highest BCUT2D eigenvalue weighted by Gasteiger charge is 2.67. The molecule has 4 aliphatic carbocycles. The summed E-state index contributed by atoms with van der Waals surface area (Å²) >= 11 is 0. The Balaban J connectivity index is 1.68. The molecule has 3 heteroatoms. The number of fused-ring (bicyclic) bond motifs is 5. The number of unbranched alkanes of at least 4 members (excludes halogenated alkanes) is 1. The minimum atomic E-state index is -0.283. The lowest BCUT2D eigenvalue weighted by Crippen LogP contribution is -2.65. The third-order valence-corrected chi connectivity index (χ3v) is 11.2. The van der Waals surface area contributed by atoms with Gasteiger partial charge in [0.1, 0.15) is 0 Å². The van der Waals surface area contributed by atoms with E-state index in [1.54, 1.807) is 0 Å². The van der Waals surface area contributed by atoms with Crippen LogP contribution in [0, 0.1) is 59.2 Å². The van der Waals surface area contributed by atoms with Crippen LogP contribution in [0.3, 0.4) is 0 Å². The van der Waals surface area contributed by atoms with Crippen LogP contribution in [-0.2, 0) is 0 Å². The van der Waals surface area contributed by atoms with Gasteiger partial charge >= 0.3 is 0 Å². The lowest BCUT2D eigenvalue weighted by atomic mass is 9.41. The van der Waals surface area contributed by atoms with E-state index in [9.17, 15) is 15.3 Å². The molecule has 0 aliphatic heterocycles. The number of hydrogen-bond acceptors (Lipinski definition) is 3. The minimum absolute atomic E-state index is 0.0710. The van der Waals surface area contributed by atoms with Crippen molar-refractivity contribution in [1.82, 2.24) is 0 Å². The standard InChI is InChI=1S/C27H47O3/c1-6-8-9-16(3)19-10-11-20-24-22(15-23(29)27(19,20)5)26(4)13-12-17(28)14-21(26)18(7-2)25(24)30/h16-25,28-30H,1,6-15H2,2-5H3/q+1. The Morgan fingerprint density at radius 2 is 1.73 bits per heavy atom. The summed E-state index contributed by atoms with van der Waals surface area (Å²) in [5, 5.41) is 33.8. The fraction of sp³-hybridized carbons (Fsp3) is 0.963. The summed E-state index contributed by atoms with van der Waals surface area (Å²) < 4.78 is 0. The first-order chi connectivity index (χ1) is 14.2. The van der Waals surface area contributed by atoms with Gasteiger partial charge in [0.15, 0.2) is 0 Å². The Bertz CT molecular complexity index is 607. The summed E-state index contributed by atoms with van der Waals surface area (Å²) in [6, 6.07) is 0. The lowest BCUT2D eigenvalue weighted by Gasteiger charge is -2.65. The molecule has 0 spiro atoms. The highest BCUT2D eigenvalue weighted by Crippen LogP contribution is 2.69. The second-order valence-corrected chi connectivity index (χ2v) is 12.2. The smallest absolute Gasteiger partial charge is 0.0850 e. The zero-order chi connectivity index (χ0) is 21.8. The summed E-state index contributed by atoms with van der Waals surface area (Å²) in [7, 11) is 0. The molecule has 0 aromatic rings. The zero-order valence-electron chi connectivity index (χ0n) is 19.9. The maximum absolute atomic E-state index is 11.7. The molecule has 3 nitrogen and oxygen atoms in total. The van der Waals surface area contributed by atoms with Crippen LogP contribution in [0.2, 0.25) is 0 Å². The molecule has 30 heavy (non-hydrogen) atoms. The summed E-state index contributed by atoms with van der Waals surface area (Å²) in [4.78, 5) is 0. The fourth-order valence-electron chi connectivity index (χ4n) is 9.56. The fourth-order valence-corrected chi connectivity index (χ4v) is 9.56. The lowest BCUT2D eigenvalue weighted by molar-refractivity contribution is -0.228. The number of aliphatic hydroxyl groups is 3. The highest BCUT2D eigenvalue weighted by molar-refractivity contribution is 5.15. The van der Waals surface area contributed by atoms with Crippen LogP contribution in [0.5, 0.6) is 0 Å². The van der Waals surface area contributed by atoms with E-state index in [2.05, 4.69) is 34.6 Å². The molecule has 0 aromatic carbocycles. The second kappa shape index (κ2) is 8.27. The first-order valence-electron chi connectivity index (χ1n) is 13.0. The van der Waals surface area contributed by atoms with Crippen LogP contribution in [0.15, 0.2) is 0 Å². The van der Waals surface area contributed by atoms with Gasteiger partial charge in [-0.15, -0.1) is 0 Å². The predicted molar refractivity (Wildman–Crippen MR) is 122 cm³/mol. The van der Waals surface area contributed by atoms with E-state index in [1.807, 2.05) is 0 Å². The topological polar surface area (TPSA) is 60.7 Å². The number of rotatable bonds is 5. The van der Waals surface area contributed by atoms with Crippen molar-refractivity contribution in [2.75, 3.05) is 0 Å². The van der Waals surface area contributed by atoms with Crippen LogP contribution in [0.1, 0.15) is 91.9 Å². The van der Waals surface area contributed by atoms with E-state index in [4.69, 9.17) is 0 Å². The zero-order valence-corrected chi connectivity index (χ0v) is 19.9. The van der Waals surface area contributed by atoms with E-state index >= 15 is 0 Å². The Morgan fingerprint density at radius 1 is 1.00 bits per heavy atom. The first-order valence-corrected chi connectivity index (χ1v) is 13.0. The number of aliphatic hydroxyl groups excluding tert-OH is 3. The quantitative estimate of drug-likeness (QED) is 0.535. The predicted octanol–water partition coefficient (Wildman–Crippen LogP) is 5.22. The molecular formula is C27H47O3+. The SMILES string of the molecule is [CH2+]CCCC(C)C1CCC2C3C(O)C(CC)C4CC(O)CCC4(C)C3CC(O)C12C. The average molecular weight is 420 g/mol. The Morgan fingerprint density at radius 3 is 2.40 bits per heavy atom. The average Bonchev–Trinajstić information content (AvgIpc) is 3.07. The van der Waals surface area contributed by atoms with Gasteiger partial charge in [-0.1, -0.05) is 34.1 Å². The largest absolute Gasteiger partial charge is 0.393 e. The van der Waals surface area contributed by atoms with Gasteiger partial charge in [0.05, 0.1) is 31.7 Å². The normalized spacial score (nSPS) is 54.2. The van der Waals surface area contributed by atoms with E-state index in [-0.39, 0.29) is 35.1 Å². The summed E-state index contributed by atoms with van der Waals surface area (Å²) in [5.74, 6) is 2.95. The van der Waals surface area contributed by atoms with Gasteiger partial charge in [0.25, 0.3) is 0 Å². The molecular weight excluding hydrogens is 372 g/mol. The Hall–Kier alpha value is -0.250. The van der Waals surface area contributed by atoms with Gasteiger partial charge in [-0.25, -0.2) is 0 Å². The molecule has 0 radical (unpaired) electrons. The molecule has 12 unspecified atom stereocenters. The summed E-state index contributed by atoms with van der Waals surface area (Å²) in [6.45, 7) is 13.4. The van der Waals surface area contributed by atoms with E-state index in [0.29, 0.717) is 35.5 Å². The molecule has 4 fully saturated rings. The third-order valence-electron chi connectivity index (χ3n) is 11.2. The molecule has 12 atom stereocenters. The Kier molecular flexibility index (Phi) is 6.32. The molecule has 3 N–H and O–H groups in total. The van der Waals surface area contributed by atoms with E-state index < -0.39 is 0 Å². The van der Waals surface area contributed by atoms with E-state index in [1.165, 1.54) is 19.3 Å². The third kappa shape index (κ3) is 3.20. The van der Waals surface area contributed by atoms with Gasteiger partial charge in [-0.05, 0) is 104 Å². The van der Waals surface area contributed by atoms with Crippen molar-refractivity contribution < 1.29 is 15.3 Å². The van der Waals surface area contributed by atoms with Crippen LogP contribution < -0.4 is 0 Å².